The number of hydrogen-bond acceptors (Lipinski definition) is 3. The summed E-state index contributed by atoms with van der Waals surface area (Å²) in [5, 5.41) is 20.9. The quantitative estimate of drug-likeness (QED) is 0.611. The second-order valence-corrected chi connectivity index (χ2v) is 2.11. The number of aliphatic hydroxyl groups is 1. The third-order valence-electron chi connectivity index (χ3n) is 1.39. The molecule has 0 aromatic carbocycles. The number of aliphatic hydroxyl groups excluding tert-OH is 1. The fourth-order valence-electron chi connectivity index (χ4n) is 0.874. The summed E-state index contributed by atoms with van der Waals surface area (Å²) in [6.07, 6.45) is 1.34. The van der Waals surface area contributed by atoms with Crippen LogP contribution in [0.4, 0.5) is 0 Å². The van der Waals surface area contributed by atoms with Gasteiger partial charge in [0.15, 0.2) is 5.69 Å². The lowest BCUT2D eigenvalue weighted by molar-refractivity contribution is 0.0681. The largest absolute Gasteiger partial charge is 0.477 e. The molecule has 0 unspecified atom stereocenters. The van der Waals surface area contributed by atoms with Gasteiger partial charge in [-0.25, -0.2) is 4.79 Å². The molecule has 0 aliphatic heterocycles. The van der Waals surface area contributed by atoms with Crippen LogP contribution >= 0.6 is 0 Å². The summed E-state index contributed by atoms with van der Waals surface area (Å²) in [4.78, 5) is 10.5. The molecule has 0 atom stereocenters. The Kier molecular flexibility index (Phi) is 1.91. The van der Waals surface area contributed by atoms with Crippen molar-refractivity contribution in [2.45, 2.75) is 6.61 Å². The predicted molar refractivity (Wildman–Crippen MR) is 36.1 cm³/mol. The average Bonchev–Trinajstić information content (AvgIpc) is 2.30. The van der Waals surface area contributed by atoms with Crippen LogP contribution in [-0.4, -0.2) is 26.0 Å². The number of hydrogen-bond donors (Lipinski definition) is 2. The topological polar surface area (TPSA) is 75.3 Å². The minimum Gasteiger partial charge on any atom is -0.477 e. The Hall–Kier alpha value is -1.36. The predicted octanol–water partition coefficient (Wildman–Crippen LogP) is -0.389. The van der Waals surface area contributed by atoms with Crippen molar-refractivity contribution in [2.24, 2.45) is 7.05 Å². The average molecular weight is 156 g/mol. The van der Waals surface area contributed by atoms with Gasteiger partial charge in [-0.3, -0.25) is 4.68 Å². The Morgan fingerprint density at radius 2 is 2.45 bits per heavy atom. The maximum absolute atomic E-state index is 10.5. The van der Waals surface area contributed by atoms with Crippen LogP contribution in [0.15, 0.2) is 6.20 Å². The van der Waals surface area contributed by atoms with Crippen LogP contribution < -0.4 is 0 Å². The molecule has 0 aliphatic rings. The molecule has 0 radical (unpaired) electrons. The normalized spacial score (nSPS) is 10.0. The number of rotatable bonds is 2. The van der Waals surface area contributed by atoms with Crippen LogP contribution in [0.3, 0.4) is 0 Å². The van der Waals surface area contributed by atoms with E-state index in [1.165, 1.54) is 17.9 Å². The van der Waals surface area contributed by atoms with Gasteiger partial charge < -0.3 is 10.2 Å². The van der Waals surface area contributed by atoms with Gasteiger partial charge in [0.25, 0.3) is 0 Å². The van der Waals surface area contributed by atoms with E-state index in [0.29, 0.717) is 5.56 Å². The molecule has 1 aromatic heterocycles. The van der Waals surface area contributed by atoms with E-state index in [9.17, 15) is 4.79 Å². The molecule has 5 heteroatoms. The molecular weight excluding hydrogens is 148 g/mol. The summed E-state index contributed by atoms with van der Waals surface area (Å²) in [6, 6.07) is 0. The van der Waals surface area contributed by atoms with E-state index in [0.717, 1.165) is 0 Å². The number of nitrogens with zero attached hydrogens (tertiary/aromatic N) is 2. The molecule has 60 valence electrons. The van der Waals surface area contributed by atoms with Crippen molar-refractivity contribution in [3.8, 4) is 0 Å². The van der Waals surface area contributed by atoms with Crippen molar-refractivity contribution in [3.63, 3.8) is 0 Å². The fourth-order valence-corrected chi connectivity index (χ4v) is 0.874. The van der Waals surface area contributed by atoms with Crippen molar-refractivity contribution in [3.05, 3.63) is 17.5 Å². The molecule has 0 spiro atoms. The number of aromatic nitrogens is 2. The Morgan fingerprint density at radius 3 is 2.82 bits per heavy atom. The summed E-state index contributed by atoms with van der Waals surface area (Å²) < 4.78 is 1.22. The molecule has 0 amide bonds. The lowest BCUT2D eigenvalue weighted by Crippen LogP contribution is -2.07. The van der Waals surface area contributed by atoms with E-state index < -0.39 is 5.97 Å². The van der Waals surface area contributed by atoms with Crippen LogP contribution in [0, 0.1) is 0 Å². The van der Waals surface area contributed by atoms with E-state index in [1.54, 1.807) is 0 Å². The molecule has 0 saturated carbocycles. The highest BCUT2D eigenvalue weighted by Crippen LogP contribution is 2.06. The first kappa shape index (κ1) is 7.74. The van der Waals surface area contributed by atoms with Crippen molar-refractivity contribution in [1.29, 1.82) is 0 Å². The molecule has 11 heavy (non-hydrogen) atoms. The lowest BCUT2D eigenvalue weighted by atomic mass is 10.2. The second-order valence-electron chi connectivity index (χ2n) is 2.11. The zero-order valence-electron chi connectivity index (χ0n) is 5.98. The van der Waals surface area contributed by atoms with E-state index in [4.69, 9.17) is 10.2 Å². The first-order valence-corrected chi connectivity index (χ1v) is 3.02. The van der Waals surface area contributed by atoms with Gasteiger partial charge in [0, 0.05) is 12.6 Å². The highest BCUT2D eigenvalue weighted by Gasteiger charge is 2.13. The van der Waals surface area contributed by atoms with Crippen molar-refractivity contribution in [2.75, 3.05) is 0 Å². The SMILES string of the molecule is Cn1ncc(CO)c1C(=O)O. The molecule has 0 bridgehead atoms. The minimum atomic E-state index is -1.07. The summed E-state index contributed by atoms with van der Waals surface area (Å²) in [6.45, 7) is -0.296. The van der Waals surface area contributed by atoms with Gasteiger partial charge in [0.1, 0.15) is 0 Å². The van der Waals surface area contributed by atoms with Gasteiger partial charge in [0.05, 0.1) is 12.8 Å². The zero-order valence-corrected chi connectivity index (χ0v) is 5.98. The molecule has 5 nitrogen and oxygen atoms in total. The van der Waals surface area contributed by atoms with Gasteiger partial charge >= 0.3 is 5.97 Å². The van der Waals surface area contributed by atoms with Gasteiger partial charge in [-0.05, 0) is 0 Å². The van der Waals surface area contributed by atoms with Crippen LogP contribution in [0.1, 0.15) is 16.1 Å². The summed E-state index contributed by atoms with van der Waals surface area (Å²) in [7, 11) is 1.52. The Bertz CT molecular complexity index is 279. The minimum absolute atomic E-state index is 0.0347. The van der Waals surface area contributed by atoms with Crippen LogP contribution in [0.25, 0.3) is 0 Å². The van der Waals surface area contributed by atoms with E-state index in [1.807, 2.05) is 0 Å². The first-order chi connectivity index (χ1) is 5.16. The van der Waals surface area contributed by atoms with Gasteiger partial charge in [-0.1, -0.05) is 0 Å². The summed E-state index contributed by atoms with van der Waals surface area (Å²) in [5.74, 6) is -1.07. The highest BCUT2D eigenvalue weighted by molar-refractivity contribution is 5.87. The molecular formula is C6H8N2O3. The van der Waals surface area contributed by atoms with Gasteiger partial charge in [-0.15, -0.1) is 0 Å². The molecule has 1 heterocycles. The third kappa shape index (κ3) is 1.22. The standard InChI is InChI=1S/C6H8N2O3/c1-8-5(6(10)11)4(3-9)2-7-8/h2,9H,3H2,1H3,(H,10,11). The maximum Gasteiger partial charge on any atom is 0.354 e. The third-order valence-corrected chi connectivity index (χ3v) is 1.39. The van der Waals surface area contributed by atoms with E-state index in [2.05, 4.69) is 5.10 Å². The number of aromatic carboxylic acids is 1. The highest BCUT2D eigenvalue weighted by atomic mass is 16.4. The van der Waals surface area contributed by atoms with Crippen LogP contribution in [0.5, 0.6) is 0 Å². The number of carboxylic acids is 1. The van der Waals surface area contributed by atoms with Gasteiger partial charge in [-0.2, -0.15) is 5.10 Å². The first-order valence-electron chi connectivity index (χ1n) is 3.02. The maximum atomic E-state index is 10.5. The Balaban J connectivity index is 3.17. The monoisotopic (exact) mass is 156 g/mol. The van der Waals surface area contributed by atoms with Crippen molar-refractivity contribution >= 4 is 5.97 Å². The lowest BCUT2D eigenvalue weighted by Gasteiger charge is -1.96. The fraction of sp³-hybridized carbons (Fsp3) is 0.333. The van der Waals surface area contributed by atoms with Crippen LogP contribution in [-0.2, 0) is 13.7 Å². The van der Waals surface area contributed by atoms with Crippen LogP contribution in [0.2, 0.25) is 0 Å². The summed E-state index contributed by atoms with van der Waals surface area (Å²) >= 11 is 0. The van der Waals surface area contributed by atoms with Crippen molar-refractivity contribution in [1.82, 2.24) is 9.78 Å². The number of carbonyl (C=O) groups is 1. The molecule has 1 aromatic rings. The zero-order chi connectivity index (χ0) is 8.43. The molecule has 1 rings (SSSR count). The molecule has 2 N–H and O–H groups in total. The summed E-state index contributed by atoms with van der Waals surface area (Å²) in [5.41, 5.74) is 0.368. The van der Waals surface area contributed by atoms with Crippen molar-refractivity contribution < 1.29 is 15.0 Å². The van der Waals surface area contributed by atoms with E-state index >= 15 is 0 Å². The Labute approximate surface area is 62.9 Å². The van der Waals surface area contributed by atoms with E-state index in [-0.39, 0.29) is 12.3 Å². The number of aryl methyl sites for hydroxylation is 1. The smallest absolute Gasteiger partial charge is 0.354 e. The molecule has 0 fully saturated rings. The molecule has 0 saturated heterocycles. The Morgan fingerprint density at radius 1 is 1.82 bits per heavy atom. The second kappa shape index (κ2) is 2.71. The van der Waals surface area contributed by atoms with Gasteiger partial charge in [0.2, 0.25) is 0 Å². The molecule has 0 aliphatic carbocycles. The number of carboxylic acid groups (broad SMARTS) is 1.